The summed E-state index contributed by atoms with van der Waals surface area (Å²) < 4.78 is 0. The molecule has 2 N–H and O–H groups in total. The normalized spacial score (nSPS) is 11.9. The zero-order chi connectivity index (χ0) is 17.8. The quantitative estimate of drug-likeness (QED) is 0.748. The van der Waals surface area contributed by atoms with Crippen molar-refractivity contribution in [3.8, 4) is 0 Å². The van der Waals surface area contributed by atoms with E-state index in [0.29, 0.717) is 12.1 Å². The number of hydrogen-bond donors (Lipinski definition) is 2. The number of para-hydroxylation sites is 1. The van der Waals surface area contributed by atoms with Gasteiger partial charge in [-0.2, -0.15) is 5.10 Å². The molecule has 3 aromatic rings. The molecule has 0 unspecified atom stereocenters. The largest absolute Gasteiger partial charge is 0.347 e. The van der Waals surface area contributed by atoms with Crippen LogP contribution in [0.25, 0.3) is 10.9 Å². The summed E-state index contributed by atoms with van der Waals surface area (Å²) in [6, 6.07) is 16.4. The van der Waals surface area contributed by atoms with E-state index < -0.39 is 6.04 Å². The van der Waals surface area contributed by atoms with Crippen LogP contribution in [0.3, 0.4) is 0 Å². The maximum absolute atomic E-state index is 12.7. The molecule has 1 aromatic heterocycles. The SMILES string of the molecule is CN(C)C(=O)[C@@H](Cc1ccccc1)NC(=O)c1n[nH]c2ccccc12. The first-order valence-corrected chi connectivity index (χ1v) is 8.05. The van der Waals surface area contributed by atoms with Crippen LogP contribution in [-0.2, 0) is 11.2 Å². The van der Waals surface area contributed by atoms with Crippen LogP contribution in [0.4, 0.5) is 0 Å². The van der Waals surface area contributed by atoms with Gasteiger partial charge in [-0.15, -0.1) is 0 Å². The molecular formula is C19H20N4O2. The topological polar surface area (TPSA) is 78.1 Å². The first kappa shape index (κ1) is 16.7. The number of likely N-dealkylation sites (N-methyl/N-ethyl adjacent to an activating group) is 1. The number of hydrogen-bond acceptors (Lipinski definition) is 3. The number of aromatic nitrogens is 2. The number of aromatic amines is 1. The van der Waals surface area contributed by atoms with Gasteiger partial charge < -0.3 is 10.2 Å². The Morgan fingerprint density at radius 3 is 2.48 bits per heavy atom. The molecule has 0 fully saturated rings. The Kier molecular flexibility index (Phi) is 4.79. The molecule has 0 saturated carbocycles. The van der Waals surface area contributed by atoms with Crippen molar-refractivity contribution in [1.29, 1.82) is 0 Å². The highest BCUT2D eigenvalue weighted by Gasteiger charge is 2.25. The van der Waals surface area contributed by atoms with E-state index in [9.17, 15) is 9.59 Å². The number of amides is 2. The molecule has 0 spiro atoms. The summed E-state index contributed by atoms with van der Waals surface area (Å²) in [6.07, 6.45) is 0.423. The molecule has 6 heteroatoms. The lowest BCUT2D eigenvalue weighted by Crippen LogP contribution is -2.47. The highest BCUT2D eigenvalue weighted by atomic mass is 16.2. The fraction of sp³-hybridized carbons (Fsp3) is 0.211. The fourth-order valence-corrected chi connectivity index (χ4v) is 2.72. The number of carbonyl (C=O) groups excluding carboxylic acids is 2. The number of fused-ring (bicyclic) bond motifs is 1. The van der Waals surface area contributed by atoms with Gasteiger partial charge in [-0.25, -0.2) is 0 Å². The Labute approximate surface area is 145 Å². The fourth-order valence-electron chi connectivity index (χ4n) is 2.72. The summed E-state index contributed by atoms with van der Waals surface area (Å²) in [4.78, 5) is 26.7. The number of nitrogens with one attached hydrogen (secondary N) is 2. The van der Waals surface area contributed by atoms with E-state index in [0.717, 1.165) is 16.5 Å². The number of H-pyrrole nitrogens is 1. The van der Waals surface area contributed by atoms with Crippen LogP contribution >= 0.6 is 0 Å². The van der Waals surface area contributed by atoms with Crippen molar-refractivity contribution < 1.29 is 9.59 Å². The van der Waals surface area contributed by atoms with E-state index in [-0.39, 0.29) is 11.8 Å². The van der Waals surface area contributed by atoms with E-state index in [1.54, 1.807) is 14.1 Å². The lowest BCUT2D eigenvalue weighted by atomic mass is 10.0. The van der Waals surface area contributed by atoms with Crippen LogP contribution < -0.4 is 5.32 Å². The van der Waals surface area contributed by atoms with Gasteiger partial charge in [0.05, 0.1) is 5.52 Å². The molecule has 128 valence electrons. The molecule has 0 saturated heterocycles. The first-order chi connectivity index (χ1) is 12.1. The second-order valence-electron chi connectivity index (χ2n) is 6.07. The van der Waals surface area contributed by atoms with Crippen LogP contribution in [0, 0.1) is 0 Å². The van der Waals surface area contributed by atoms with Gasteiger partial charge in [0.1, 0.15) is 6.04 Å². The lowest BCUT2D eigenvalue weighted by Gasteiger charge is -2.21. The van der Waals surface area contributed by atoms with Crippen molar-refractivity contribution >= 4 is 22.7 Å². The molecule has 2 amide bonds. The first-order valence-electron chi connectivity index (χ1n) is 8.05. The third-order valence-corrected chi connectivity index (χ3v) is 4.01. The van der Waals surface area contributed by atoms with Crippen LogP contribution in [0.2, 0.25) is 0 Å². The van der Waals surface area contributed by atoms with E-state index in [1.807, 2.05) is 54.6 Å². The number of rotatable bonds is 5. The van der Waals surface area contributed by atoms with Crippen LogP contribution in [0.15, 0.2) is 54.6 Å². The molecule has 0 radical (unpaired) electrons. The highest BCUT2D eigenvalue weighted by Crippen LogP contribution is 2.15. The van der Waals surface area contributed by atoms with Crippen molar-refractivity contribution in [3.05, 3.63) is 65.9 Å². The van der Waals surface area contributed by atoms with Crippen molar-refractivity contribution in [1.82, 2.24) is 20.4 Å². The Morgan fingerprint density at radius 1 is 1.08 bits per heavy atom. The van der Waals surface area contributed by atoms with Gasteiger partial charge in [-0.1, -0.05) is 48.5 Å². The molecule has 1 heterocycles. The minimum atomic E-state index is -0.652. The summed E-state index contributed by atoms with van der Waals surface area (Å²) in [6.45, 7) is 0. The van der Waals surface area contributed by atoms with Crippen LogP contribution in [-0.4, -0.2) is 47.0 Å². The molecule has 2 aromatic carbocycles. The third-order valence-electron chi connectivity index (χ3n) is 4.01. The second-order valence-corrected chi connectivity index (χ2v) is 6.07. The predicted octanol–water partition coefficient (Wildman–Crippen LogP) is 1.99. The molecule has 1 atom stereocenters. The third kappa shape index (κ3) is 3.68. The van der Waals surface area contributed by atoms with Gasteiger partial charge in [0.25, 0.3) is 5.91 Å². The molecule has 3 rings (SSSR count). The van der Waals surface area contributed by atoms with Crippen molar-refractivity contribution in [2.75, 3.05) is 14.1 Å². The van der Waals surface area contributed by atoms with Crippen LogP contribution in [0.1, 0.15) is 16.1 Å². The maximum Gasteiger partial charge on any atom is 0.273 e. The smallest absolute Gasteiger partial charge is 0.273 e. The van der Waals surface area contributed by atoms with Gasteiger partial charge >= 0.3 is 0 Å². The lowest BCUT2D eigenvalue weighted by molar-refractivity contribution is -0.130. The minimum absolute atomic E-state index is 0.156. The predicted molar refractivity (Wildman–Crippen MR) is 96.2 cm³/mol. The van der Waals surface area contributed by atoms with Crippen molar-refractivity contribution in [2.45, 2.75) is 12.5 Å². The molecule has 6 nitrogen and oxygen atoms in total. The van der Waals surface area contributed by atoms with Crippen molar-refractivity contribution in [2.24, 2.45) is 0 Å². The van der Waals surface area contributed by atoms with E-state index in [2.05, 4.69) is 15.5 Å². The Morgan fingerprint density at radius 2 is 1.76 bits per heavy atom. The van der Waals surface area contributed by atoms with E-state index in [4.69, 9.17) is 0 Å². The monoisotopic (exact) mass is 336 g/mol. The number of benzene rings is 2. The molecule has 0 bridgehead atoms. The van der Waals surface area contributed by atoms with E-state index >= 15 is 0 Å². The van der Waals surface area contributed by atoms with Crippen molar-refractivity contribution in [3.63, 3.8) is 0 Å². The standard InChI is InChI=1S/C19H20N4O2/c1-23(2)19(25)16(12-13-8-4-3-5-9-13)20-18(24)17-14-10-6-7-11-15(14)21-22-17/h3-11,16H,12H2,1-2H3,(H,20,24)(H,21,22)/t16-/m1/s1. The summed E-state index contributed by atoms with van der Waals surface area (Å²) >= 11 is 0. The zero-order valence-corrected chi connectivity index (χ0v) is 14.2. The molecule has 0 aliphatic heterocycles. The molecular weight excluding hydrogens is 316 g/mol. The summed E-state index contributed by atoms with van der Waals surface area (Å²) in [5.41, 5.74) is 2.06. The van der Waals surface area contributed by atoms with Crippen LogP contribution in [0.5, 0.6) is 0 Å². The Balaban J connectivity index is 1.84. The molecule has 0 aliphatic rings. The van der Waals surface area contributed by atoms with Gasteiger partial charge in [-0.3, -0.25) is 14.7 Å². The summed E-state index contributed by atoms with van der Waals surface area (Å²) in [5, 5.41) is 10.5. The number of nitrogens with zero attached hydrogens (tertiary/aromatic N) is 2. The minimum Gasteiger partial charge on any atom is -0.347 e. The van der Waals surface area contributed by atoms with Gasteiger partial charge in [-0.05, 0) is 11.6 Å². The number of carbonyl (C=O) groups is 2. The summed E-state index contributed by atoms with van der Waals surface area (Å²) in [5.74, 6) is -0.523. The Bertz CT molecular complexity index is 887. The highest BCUT2D eigenvalue weighted by molar-refractivity contribution is 6.06. The zero-order valence-electron chi connectivity index (χ0n) is 14.2. The molecule has 0 aliphatic carbocycles. The van der Waals surface area contributed by atoms with Gasteiger partial charge in [0.15, 0.2) is 5.69 Å². The van der Waals surface area contributed by atoms with Gasteiger partial charge in [0.2, 0.25) is 5.91 Å². The average molecular weight is 336 g/mol. The maximum atomic E-state index is 12.7. The average Bonchev–Trinajstić information content (AvgIpc) is 3.05. The summed E-state index contributed by atoms with van der Waals surface area (Å²) in [7, 11) is 3.35. The second kappa shape index (κ2) is 7.17. The Hall–Kier alpha value is -3.15. The van der Waals surface area contributed by atoms with Gasteiger partial charge in [0, 0.05) is 25.9 Å². The molecule has 25 heavy (non-hydrogen) atoms. The van der Waals surface area contributed by atoms with E-state index in [1.165, 1.54) is 4.90 Å².